The van der Waals surface area contributed by atoms with Gasteiger partial charge in [-0.3, -0.25) is 0 Å². The van der Waals surface area contributed by atoms with Gasteiger partial charge in [-0.25, -0.2) is 0 Å². The van der Waals surface area contributed by atoms with Gasteiger partial charge in [0.25, 0.3) is 0 Å². The van der Waals surface area contributed by atoms with Crippen LogP contribution >= 0.6 is 0 Å². The van der Waals surface area contributed by atoms with Gasteiger partial charge in [0.1, 0.15) is 0 Å². The first-order chi connectivity index (χ1) is 5.11. The number of hydrogen-bond donors (Lipinski definition) is 3. The quantitative estimate of drug-likeness (QED) is 0.405. The summed E-state index contributed by atoms with van der Waals surface area (Å²) < 4.78 is 0. The predicted octanol–water partition coefficient (Wildman–Crippen LogP) is 0.627. The van der Waals surface area contributed by atoms with Crippen molar-refractivity contribution in [3.8, 4) is 0 Å². The molecule has 0 aromatic rings. The van der Waals surface area contributed by atoms with E-state index in [0.717, 1.165) is 25.7 Å². The summed E-state index contributed by atoms with van der Waals surface area (Å²) in [5.74, 6) is 0. The van der Waals surface area contributed by atoms with Crippen LogP contribution in [0.2, 0.25) is 5.54 Å². The Morgan fingerprint density at radius 2 is 1.27 bits per heavy atom. The molecule has 66 valence electrons. The summed E-state index contributed by atoms with van der Waals surface area (Å²) in [6.07, 6.45) is 5.97. The Labute approximate surface area is 68.1 Å². The monoisotopic (exact) mass is 176 g/mol. The fraction of sp³-hybridized carbons (Fsp3) is 1.00. The smallest absolute Gasteiger partial charge is 0.390 e. The van der Waals surface area contributed by atoms with Gasteiger partial charge in [0, 0.05) is 5.54 Å². The van der Waals surface area contributed by atoms with E-state index < -0.39 is 8.80 Å². The molecule has 0 aliphatic heterocycles. The Morgan fingerprint density at radius 1 is 0.818 bits per heavy atom. The molecule has 3 N–H and O–H groups in total. The Bertz CT molecular complexity index is 113. The molecule has 1 fully saturated rings. The maximum absolute atomic E-state index is 9.02. The predicted molar refractivity (Wildman–Crippen MR) is 43.9 cm³/mol. The minimum Gasteiger partial charge on any atom is -0.390 e. The summed E-state index contributed by atoms with van der Waals surface area (Å²) in [4.78, 5) is 27.1. The first kappa shape index (κ1) is 9.19. The highest BCUT2D eigenvalue weighted by atomic mass is 28.4. The SMILES string of the molecule is O[Si](O)(O)C1CCCCCC1. The van der Waals surface area contributed by atoms with Crippen molar-refractivity contribution >= 4 is 8.80 Å². The molecule has 0 bridgehead atoms. The zero-order chi connectivity index (χ0) is 8.32. The van der Waals surface area contributed by atoms with E-state index in [-0.39, 0.29) is 5.54 Å². The van der Waals surface area contributed by atoms with Crippen molar-refractivity contribution in [2.75, 3.05) is 0 Å². The molecule has 0 atom stereocenters. The molecular weight excluding hydrogens is 160 g/mol. The van der Waals surface area contributed by atoms with Crippen LogP contribution in [0.15, 0.2) is 0 Å². The van der Waals surface area contributed by atoms with E-state index in [9.17, 15) is 0 Å². The molecule has 0 spiro atoms. The molecule has 0 heterocycles. The Kier molecular flexibility index (Phi) is 3.06. The van der Waals surface area contributed by atoms with Crippen LogP contribution in [0.25, 0.3) is 0 Å². The second kappa shape index (κ2) is 3.67. The van der Waals surface area contributed by atoms with Gasteiger partial charge < -0.3 is 14.4 Å². The maximum Gasteiger partial charge on any atom is 0.496 e. The molecule has 11 heavy (non-hydrogen) atoms. The zero-order valence-electron chi connectivity index (χ0n) is 6.66. The first-order valence-electron chi connectivity index (χ1n) is 4.28. The molecule has 1 rings (SSSR count). The van der Waals surface area contributed by atoms with Crippen molar-refractivity contribution in [3.05, 3.63) is 0 Å². The highest BCUT2D eigenvalue weighted by Crippen LogP contribution is 2.31. The molecular formula is C7H16O3Si. The fourth-order valence-electron chi connectivity index (χ4n) is 1.67. The van der Waals surface area contributed by atoms with Gasteiger partial charge in [0.15, 0.2) is 0 Å². The van der Waals surface area contributed by atoms with Crippen LogP contribution in [0.1, 0.15) is 38.5 Å². The first-order valence-corrected chi connectivity index (χ1v) is 6.19. The van der Waals surface area contributed by atoms with Gasteiger partial charge in [-0.15, -0.1) is 0 Å². The molecule has 0 unspecified atom stereocenters. The van der Waals surface area contributed by atoms with Crippen LogP contribution in [-0.2, 0) is 0 Å². The Balaban J connectivity index is 2.43. The maximum atomic E-state index is 9.02. The van der Waals surface area contributed by atoms with Crippen LogP contribution in [0.3, 0.4) is 0 Å². The lowest BCUT2D eigenvalue weighted by Gasteiger charge is -2.19. The average molecular weight is 176 g/mol. The van der Waals surface area contributed by atoms with Crippen molar-refractivity contribution in [3.63, 3.8) is 0 Å². The standard InChI is InChI=1S/C7H16O3Si/c8-11(9,10)7-5-3-1-2-4-6-7/h7-10H,1-6H2. The van der Waals surface area contributed by atoms with Crippen molar-refractivity contribution < 1.29 is 14.4 Å². The second-order valence-electron chi connectivity index (χ2n) is 3.38. The molecule has 0 radical (unpaired) electrons. The fourth-order valence-corrected chi connectivity index (χ4v) is 2.85. The van der Waals surface area contributed by atoms with Crippen molar-refractivity contribution in [2.24, 2.45) is 0 Å². The van der Waals surface area contributed by atoms with E-state index in [4.69, 9.17) is 14.4 Å². The van der Waals surface area contributed by atoms with E-state index >= 15 is 0 Å². The molecule has 0 amide bonds. The van der Waals surface area contributed by atoms with Crippen molar-refractivity contribution in [2.45, 2.75) is 44.1 Å². The summed E-state index contributed by atoms with van der Waals surface area (Å²) in [6, 6.07) is 0. The molecule has 0 aromatic carbocycles. The van der Waals surface area contributed by atoms with E-state index in [2.05, 4.69) is 0 Å². The van der Waals surface area contributed by atoms with Gasteiger partial charge in [-0.1, -0.05) is 25.7 Å². The molecule has 1 saturated carbocycles. The van der Waals surface area contributed by atoms with E-state index in [1.165, 1.54) is 12.8 Å². The molecule has 3 nitrogen and oxygen atoms in total. The third kappa shape index (κ3) is 2.90. The van der Waals surface area contributed by atoms with Gasteiger partial charge in [0.05, 0.1) is 0 Å². The Hall–Kier alpha value is 0.0969. The van der Waals surface area contributed by atoms with Gasteiger partial charge in [-0.2, -0.15) is 0 Å². The zero-order valence-corrected chi connectivity index (χ0v) is 7.66. The van der Waals surface area contributed by atoms with E-state index in [1.807, 2.05) is 0 Å². The number of rotatable bonds is 1. The summed E-state index contributed by atoms with van der Waals surface area (Å²) >= 11 is 0. The molecule has 0 aromatic heterocycles. The summed E-state index contributed by atoms with van der Waals surface area (Å²) in [5, 5.41) is 0. The third-order valence-corrected chi connectivity index (χ3v) is 4.08. The highest BCUT2D eigenvalue weighted by Gasteiger charge is 2.38. The lowest BCUT2D eigenvalue weighted by atomic mass is 10.2. The molecule has 4 heteroatoms. The average Bonchev–Trinajstić information content (AvgIpc) is 2.10. The van der Waals surface area contributed by atoms with Crippen molar-refractivity contribution in [1.29, 1.82) is 0 Å². The van der Waals surface area contributed by atoms with Gasteiger partial charge in [-0.05, 0) is 12.8 Å². The van der Waals surface area contributed by atoms with Crippen LogP contribution in [-0.4, -0.2) is 23.2 Å². The lowest BCUT2D eigenvalue weighted by Crippen LogP contribution is -2.40. The van der Waals surface area contributed by atoms with Gasteiger partial charge >= 0.3 is 8.80 Å². The van der Waals surface area contributed by atoms with Crippen molar-refractivity contribution in [1.82, 2.24) is 0 Å². The van der Waals surface area contributed by atoms with Crippen LogP contribution in [0.4, 0.5) is 0 Å². The Morgan fingerprint density at radius 3 is 1.64 bits per heavy atom. The van der Waals surface area contributed by atoms with E-state index in [1.54, 1.807) is 0 Å². The van der Waals surface area contributed by atoms with E-state index in [0.29, 0.717) is 0 Å². The molecule has 0 saturated heterocycles. The lowest BCUT2D eigenvalue weighted by molar-refractivity contribution is 0.204. The minimum atomic E-state index is -3.79. The third-order valence-electron chi connectivity index (χ3n) is 2.40. The largest absolute Gasteiger partial charge is 0.496 e. The summed E-state index contributed by atoms with van der Waals surface area (Å²) in [5.41, 5.74) is -0.204. The summed E-state index contributed by atoms with van der Waals surface area (Å²) in [6.45, 7) is 0. The molecule has 1 aliphatic carbocycles. The molecule has 1 aliphatic rings. The number of hydrogen-bond acceptors (Lipinski definition) is 3. The van der Waals surface area contributed by atoms with Gasteiger partial charge in [0.2, 0.25) is 0 Å². The topological polar surface area (TPSA) is 60.7 Å². The van der Waals surface area contributed by atoms with Crippen LogP contribution < -0.4 is 0 Å². The van der Waals surface area contributed by atoms with Crippen LogP contribution in [0, 0.1) is 0 Å². The second-order valence-corrected chi connectivity index (χ2v) is 5.57. The summed E-state index contributed by atoms with van der Waals surface area (Å²) in [7, 11) is -3.79. The minimum absolute atomic E-state index is 0.204. The van der Waals surface area contributed by atoms with Crippen LogP contribution in [0.5, 0.6) is 0 Å². The normalized spacial score (nSPS) is 23.2. The highest BCUT2D eigenvalue weighted by molar-refractivity contribution is 6.57.